The molecule has 0 aromatic carbocycles. The smallest absolute Gasteiger partial charge is 0.188 e. The molecule has 7 heterocycles. The van der Waals surface area contributed by atoms with E-state index in [1.54, 1.807) is 22.7 Å². The third-order valence-electron chi connectivity index (χ3n) is 7.22. The molecule has 2 aliphatic heterocycles. The highest BCUT2D eigenvalue weighted by Crippen LogP contribution is 2.40. The van der Waals surface area contributed by atoms with Gasteiger partial charge in [0.15, 0.2) is 14.8 Å². The normalized spacial score (nSPS) is 20.6. The summed E-state index contributed by atoms with van der Waals surface area (Å²) in [5.41, 5.74) is 3.95. The van der Waals surface area contributed by atoms with Crippen molar-refractivity contribution in [2.45, 2.75) is 37.8 Å². The van der Waals surface area contributed by atoms with Crippen LogP contribution in [0.25, 0.3) is 42.4 Å². The topological polar surface area (TPSA) is 89.6 Å². The van der Waals surface area contributed by atoms with Crippen LogP contribution in [0.2, 0.25) is 0 Å². The number of hydrogen-bond donors (Lipinski definition) is 2. The Morgan fingerprint density at radius 2 is 2.03 bits per heavy atom. The highest BCUT2D eigenvalue weighted by molar-refractivity contribution is 7.29. The molecule has 0 aliphatic carbocycles. The standard InChI is InChI=1S/C23H24N8S2.ClH/c1-30(14-5-8-31-7-2-3-15(31)9-14)23-29-22-21(33-23)28-20(32-22)19-18-16(4-6-24-18)17(12-25-19)13-10-26-27-11-13;/h4,6,10-12,14-15,24H,2-3,5,7-9H2,1H3,(H,26,27);1H. The number of pyridine rings is 1. The molecule has 2 unspecified atom stereocenters. The summed E-state index contributed by atoms with van der Waals surface area (Å²) < 4.78 is 0. The fourth-order valence-electron chi connectivity index (χ4n) is 5.44. The Morgan fingerprint density at radius 3 is 2.88 bits per heavy atom. The van der Waals surface area contributed by atoms with Crippen molar-refractivity contribution in [2.24, 2.45) is 0 Å². The number of nitrogens with one attached hydrogen (secondary N) is 2. The molecule has 0 radical (unpaired) electrons. The summed E-state index contributed by atoms with van der Waals surface area (Å²) in [5, 5.41) is 10.1. The molecule has 0 saturated carbocycles. The summed E-state index contributed by atoms with van der Waals surface area (Å²) >= 11 is 3.32. The van der Waals surface area contributed by atoms with Gasteiger partial charge in [0, 0.05) is 60.8 Å². The number of halogens is 1. The van der Waals surface area contributed by atoms with Gasteiger partial charge in [-0.3, -0.25) is 10.1 Å². The molecule has 2 N–H and O–H groups in total. The number of fused-ring (bicyclic) bond motifs is 3. The quantitative estimate of drug-likeness (QED) is 0.345. The second kappa shape index (κ2) is 8.60. The summed E-state index contributed by atoms with van der Waals surface area (Å²) in [6, 6.07) is 3.41. The zero-order valence-electron chi connectivity index (χ0n) is 18.7. The zero-order chi connectivity index (χ0) is 21.9. The van der Waals surface area contributed by atoms with Gasteiger partial charge in [-0.2, -0.15) is 5.10 Å². The van der Waals surface area contributed by atoms with Gasteiger partial charge in [-0.1, -0.05) is 22.7 Å². The largest absolute Gasteiger partial charge is 0.359 e. The summed E-state index contributed by atoms with van der Waals surface area (Å²) in [6.45, 7) is 2.50. The van der Waals surface area contributed by atoms with E-state index in [9.17, 15) is 0 Å². The molecule has 176 valence electrons. The number of piperidine rings is 1. The van der Waals surface area contributed by atoms with Gasteiger partial charge < -0.3 is 14.8 Å². The van der Waals surface area contributed by atoms with Crippen LogP contribution in [0, 0.1) is 0 Å². The Morgan fingerprint density at radius 1 is 1.12 bits per heavy atom. The fraction of sp³-hybridized carbons (Fsp3) is 0.391. The van der Waals surface area contributed by atoms with Gasteiger partial charge in [0.2, 0.25) is 0 Å². The van der Waals surface area contributed by atoms with Crippen LogP contribution >= 0.6 is 35.1 Å². The van der Waals surface area contributed by atoms with E-state index in [2.05, 4.69) is 38.1 Å². The molecule has 34 heavy (non-hydrogen) atoms. The fourth-order valence-corrected chi connectivity index (χ4v) is 7.51. The van der Waals surface area contributed by atoms with E-state index in [0.717, 1.165) is 53.6 Å². The number of hydrogen-bond acceptors (Lipinski definition) is 8. The van der Waals surface area contributed by atoms with Gasteiger partial charge in [0.25, 0.3) is 0 Å². The third kappa shape index (κ3) is 3.51. The predicted octanol–water partition coefficient (Wildman–Crippen LogP) is 5.17. The van der Waals surface area contributed by atoms with E-state index in [1.165, 1.54) is 38.8 Å². The van der Waals surface area contributed by atoms with Gasteiger partial charge in [0.05, 0.1) is 11.7 Å². The van der Waals surface area contributed by atoms with E-state index < -0.39 is 0 Å². The molecule has 2 atom stereocenters. The van der Waals surface area contributed by atoms with Gasteiger partial charge in [-0.25, -0.2) is 9.97 Å². The van der Waals surface area contributed by atoms with Crippen LogP contribution in [0.5, 0.6) is 0 Å². The first-order valence-electron chi connectivity index (χ1n) is 11.4. The number of aromatic nitrogens is 6. The highest BCUT2D eigenvalue weighted by atomic mass is 35.5. The molecule has 5 aromatic rings. The van der Waals surface area contributed by atoms with Crippen molar-refractivity contribution in [1.82, 2.24) is 35.0 Å². The predicted molar refractivity (Wildman–Crippen MR) is 141 cm³/mol. The lowest BCUT2D eigenvalue weighted by molar-refractivity contribution is 0.180. The third-order valence-corrected chi connectivity index (χ3v) is 9.34. The summed E-state index contributed by atoms with van der Waals surface area (Å²) in [7, 11) is 2.21. The van der Waals surface area contributed by atoms with Crippen LogP contribution in [0.4, 0.5) is 5.13 Å². The SMILES string of the molecule is CN(c1nc2sc(-c3ncc(-c4cn[nH]c4)c4cc[nH]c34)nc2s1)C1CCN2CCCC2C1.Cl. The van der Waals surface area contributed by atoms with Crippen LogP contribution in [-0.4, -0.2) is 67.3 Å². The first-order chi connectivity index (χ1) is 16.2. The average Bonchev–Trinajstić information content (AvgIpc) is 3.64. The van der Waals surface area contributed by atoms with Crippen LogP contribution in [0.15, 0.2) is 30.9 Å². The zero-order valence-corrected chi connectivity index (χ0v) is 21.1. The number of nitrogens with zero attached hydrogens (tertiary/aromatic N) is 6. The number of anilines is 1. The van der Waals surface area contributed by atoms with Crippen molar-refractivity contribution in [3.8, 4) is 21.8 Å². The summed E-state index contributed by atoms with van der Waals surface area (Å²) in [6.07, 6.45) is 12.7. The molecule has 0 spiro atoms. The van der Waals surface area contributed by atoms with Crippen molar-refractivity contribution in [2.75, 3.05) is 25.0 Å². The lowest BCUT2D eigenvalue weighted by Gasteiger charge is -2.39. The molecule has 2 fully saturated rings. The van der Waals surface area contributed by atoms with E-state index in [0.29, 0.717) is 6.04 Å². The van der Waals surface area contributed by atoms with Gasteiger partial charge >= 0.3 is 0 Å². The van der Waals surface area contributed by atoms with Gasteiger partial charge in [0.1, 0.15) is 10.7 Å². The molecule has 0 bridgehead atoms. The van der Waals surface area contributed by atoms with Crippen molar-refractivity contribution in [1.29, 1.82) is 0 Å². The molecule has 2 aliphatic rings. The summed E-state index contributed by atoms with van der Waals surface area (Å²) in [4.78, 5) is 25.1. The molecular formula is C23H25ClN8S2. The number of thiazole rings is 2. The van der Waals surface area contributed by atoms with Crippen LogP contribution < -0.4 is 4.90 Å². The maximum absolute atomic E-state index is 4.98. The Kier molecular flexibility index (Phi) is 5.56. The highest BCUT2D eigenvalue weighted by Gasteiger charge is 2.34. The Bertz CT molecular complexity index is 1410. The van der Waals surface area contributed by atoms with Gasteiger partial charge in [-0.05, 0) is 38.3 Å². The maximum Gasteiger partial charge on any atom is 0.188 e. The minimum absolute atomic E-state index is 0. The number of H-pyrrole nitrogens is 2. The second-order valence-corrected chi connectivity index (χ2v) is 11.0. The van der Waals surface area contributed by atoms with E-state index >= 15 is 0 Å². The van der Waals surface area contributed by atoms with E-state index in [1.807, 2.05) is 24.8 Å². The monoisotopic (exact) mass is 512 g/mol. The Labute approximate surface area is 210 Å². The first-order valence-corrected chi connectivity index (χ1v) is 13.1. The molecule has 8 nitrogen and oxygen atoms in total. The van der Waals surface area contributed by atoms with Crippen molar-refractivity contribution in [3.63, 3.8) is 0 Å². The molecular weight excluding hydrogens is 488 g/mol. The number of aromatic amines is 2. The van der Waals surface area contributed by atoms with Crippen molar-refractivity contribution < 1.29 is 0 Å². The molecule has 5 aromatic heterocycles. The first kappa shape index (κ1) is 22.0. The van der Waals surface area contributed by atoms with E-state index in [4.69, 9.17) is 15.0 Å². The minimum Gasteiger partial charge on any atom is -0.359 e. The Hall–Kier alpha value is -2.53. The van der Waals surface area contributed by atoms with Crippen LogP contribution in [-0.2, 0) is 0 Å². The van der Waals surface area contributed by atoms with Crippen molar-refractivity contribution >= 4 is 60.8 Å². The molecule has 2 saturated heterocycles. The second-order valence-electron chi connectivity index (χ2n) is 9.02. The van der Waals surface area contributed by atoms with Gasteiger partial charge in [-0.15, -0.1) is 12.4 Å². The minimum atomic E-state index is 0. The molecule has 7 rings (SSSR count). The van der Waals surface area contributed by atoms with Crippen LogP contribution in [0.1, 0.15) is 25.7 Å². The average molecular weight is 513 g/mol. The van der Waals surface area contributed by atoms with Crippen molar-refractivity contribution in [3.05, 3.63) is 30.9 Å². The molecule has 11 heteroatoms. The lowest BCUT2D eigenvalue weighted by atomic mass is 9.97. The van der Waals surface area contributed by atoms with E-state index in [-0.39, 0.29) is 12.4 Å². The van der Waals surface area contributed by atoms with Crippen LogP contribution in [0.3, 0.4) is 0 Å². The maximum atomic E-state index is 4.98. The summed E-state index contributed by atoms with van der Waals surface area (Å²) in [5.74, 6) is 0. The number of rotatable bonds is 4. The lowest BCUT2D eigenvalue weighted by Crippen LogP contribution is -2.46. The Balaban J connectivity index is 0.00000217. The molecule has 0 amide bonds.